The first-order chi connectivity index (χ1) is 6.68. The molecule has 1 aromatic rings. The topological polar surface area (TPSA) is 12.0 Å². The molecule has 14 heavy (non-hydrogen) atoms. The maximum absolute atomic E-state index is 13.2. The number of nitrogens with one attached hydrogen (secondary N) is 1. The molecule has 2 rings (SSSR count). The SMILES string of the molecule is Fc1c(Cl)cc(C2CCCN2)cc1Br. The lowest BCUT2D eigenvalue weighted by atomic mass is 10.1. The van der Waals surface area contributed by atoms with Crippen LogP contribution in [0.3, 0.4) is 0 Å². The van der Waals surface area contributed by atoms with Crippen molar-refractivity contribution in [3.8, 4) is 0 Å². The Morgan fingerprint density at radius 2 is 2.29 bits per heavy atom. The molecule has 0 radical (unpaired) electrons. The van der Waals surface area contributed by atoms with Crippen LogP contribution in [0.1, 0.15) is 24.4 Å². The summed E-state index contributed by atoms with van der Waals surface area (Å²) in [7, 11) is 0. The maximum atomic E-state index is 13.2. The fourth-order valence-electron chi connectivity index (χ4n) is 1.75. The molecule has 1 N–H and O–H groups in total. The molecule has 1 nitrogen and oxygen atoms in total. The van der Waals surface area contributed by atoms with Crippen molar-refractivity contribution in [2.24, 2.45) is 0 Å². The Kier molecular flexibility index (Phi) is 3.10. The normalized spacial score (nSPS) is 21.5. The van der Waals surface area contributed by atoms with Gasteiger partial charge in [0.05, 0.1) is 9.50 Å². The van der Waals surface area contributed by atoms with Gasteiger partial charge in [-0.2, -0.15) is 0 Å². The molecule has 0 saturated carbocycles. The van der Waals surface area contributed by atoms with Gasteiger partial charge in [0.15, 0.2) is 5.82 Å². The third kappa shape index (κ3) is 1.95. The molecule has 1 saturated heterocycles. The number of rotatable bonds is 1. The summed E-state index contributed by atoms with van der Waals surface area (Å²) >= 11 is 8.92. The molecule has 4 heteroatoms. The summed E-state index contributed by atoms with van der Waals surface area (Å²) in [6, 6.07) is 3.82. The fourth-order valence-corrected chi connectivity index (χ4v) is 2.57. The zero-order chi connectivity index (χ0) is 10.1. The van der Waals surface area contributed by atoms with Crippen molar-refractivity contribution < 1.29 is 4.39 Å². The van der Waals surface area contributed by atoms with Crippen molar-refractivity contribution in [3.05, 3.63) is 33.0 Å². The van der Waals surface area contributed by atoms with Crippen LogP contribution in [0.15, 0.2) is 16.6 Å². The largest absolute Gasteiger partial charge is 0.310 e. The lowest BCUT2D eigenvalue weighted by Crippen LogP contribution is -2.12. The van der Waals surface area contributed by atoms with Gasteiger partial charge in [-0.1, -0.05) is 11.6 Å². The van der Waals surface area contributed by atoms with E-state index in [0.717, 1.165) is 24.9 Å². The van der Waals surface area contributed by atoms with Crippen molar-refractivity contribution in [2.75, 3.05) is 6.54 Å². The van der Waals surface area contributed by atoms with Crippen LogP contribution in [0.5, 0.6) is 0 Å². The van der Waals surface area contributed by atoms with E-state index in [1.54, 1.807) is 12.1 Å². The maximum Gasteiger partial charge on any atom is 0.155 e. The third-order valence-corrected chi connectivity index (χ3v) is 3.32. The molecular weight excluding hydrogens is 268 g/mol. The van der Waals surface area contributed by atoms with Gasteiger partial charge in [0, 0.05) is 6.04 Å². The predicted octanol–water partition coefficient (Wildman–Crippen LogP) is 3.67. The van der Waals surface area contributed by atoms with E-state index in [0.29, 0.717) is 10.5 Å². The molecule has 1 unspecified atom stereocenters. The van der Waals surface area contributed by atoms with Crippen molar-refractivity contribution in [2.45, 2.75) is 18.9 Å². The fraction of sp³-hybridized carbons (Fsp3) is 0.400. The van der Waals surface area contributed by atoms with E-state index in [4.69, 9.17) is 11.6 Å². The zero-order valence-corrected chi connectivity index (χ0v) is 9.83. The molecule has 1 fully saturated rings. The summed E-state index contributed by atoms with van der Waals surface area (Å²) in [6.45, 7) is 1.03. The molecule has 1 atom stereocenters. The van der Waals surface area contributed by atoms with Gasteiger partial charge in [-0.15, -0.1) is 0 Å². The minimum atomic E-state index is -0.381. The average molecular weight is 279 g/mol. The van der Waals surface area contributed by atoms with Gasteiger partial charge < -0.3 is 5.32 Å². The first kappa shape index (κ1) is 10.4. The number of halogens is 3. The van der Waals surface area contributed by atoms with E-state index >= 15 is 0 Å². The van der Waals surface area contributed by atoms with Gasteiger partial charge in [-0.25, -0.2) is 4.39 Å². The first-order valence-electron chi connectivity index (χ1n) is 4.56. The van der Waals surface area contributed by atoms with Crippen molar-refractivity contribution in [1.82, 2.24) is 5.32 Å². The Morgan fingerprint density at radius 3 is 2.86 bits per heavy atom. The molecule has 0 spiro atoms. The van der Waals surface area contributed by atoms with Crippen LogP contribution in [0.4, 0.5) is 4.39 Å². The highest BCUT2D eigenvalue weighted by molar-refractivity contribution is 9.10. The summed E-state index contributed by atoms with van der Waals surface area (Å²) in [6.07, 6.45) is 2.26. The van der Waals surface area contributed by atoms with Gasteiger partial charge in [-0.3, -0.25) is 0 Å². The van der Waals surface area contributed by atoms with Gasteiger partial charge in [0.2, 0.25) is 0 Å². The highest BCUT2D eigenvalue weighted by Gasteiger charge is 2.18. The summed E-state index contributed by atoms with van der Waals surface area (Å²) < 4.78 is 13.6. The van der Waals surface area contributed by atoms with Gasteiger partial charge in [-0.05, 0) is 53.0 Å². The van der Waals surface area contributed by atoms with Crippen molar-refractivity contribution in [1.29, 1.82) is 0 Å². The monoisotopic (exact) mass is 277 g/mol. The Hall–Kier alpha value is -0.120. The second-order valence-corrected chi connectivity index (χ2v) is 4.71. The molecule has 0 amide bonds. The van der Waals surface area contributed by atoms with E-state index < -0.39 is 0 Å². The zero-order valence-electron chi connectivity index (χ0n) is 7.49. The highest BCUT2D eigenvalue weighted by Crippen LogP contribution is 2.31. The molecule has 0 aliphatic carbocycles. The Bertz CT molecular complexity index is 327. The van der Waals surface area contributed by atoms with Crippen LogP contribution in [0.2, 0.25) is 5.02 Å². The van der Waals surface area contributed by atoms with E-state index in [9.17, 15) is 4.39 Å². The molecule has 1 heterocycles. The van der Waals surface area contributed by atoms with Crippen LogP contribution in [-0.2, 0) is 0 Å². The van der Waals surface area contributed by atoms with E-state index in [2.05, 4.69) is 21.2 Å². The smallest absolute Gasteiger partial charge is 0.155 e. The lowest BCUT2D eigenvalue weighted by Gasteiger charge is -2.11. The quantitative estimate of drug-likeness (QED) is 0.773. The van der Waals surface area contributed by atoms with E-state index in [-0.39, 0.29) is 10.8 Å². The van der Waals surface area contributed by atoms with Gasteiger partial charge >= 0.3 is 0 Å². The standard InChI is InChI=1S/C10H10BrClFN/c11-7-4-6(5-8(12)10(7)13)9-2-1-3-14-9/h4-5,9,14H,1-3H2. The van der Waals surface area contributed by atoms with Gasteiger partial charge in [0.1, 0.15) is 0 Å². The average Bonchev–Trinajstić information content (AvgIpc) is 2.66. The Morgan fingerprint density at radius 1 is 1.50 bits per heavy atom. The molecule has 1 aromatic carbocycles. The summed E-state index contributed by atoms with van der Waals surface area (Å²) in [5, 5.41) is 3.53. The molecule has 76 valence electrons. The minimum Gasteiger partial charge on any atom is -0.310 e. The van der Waals surface area contributed by atoms with E-state index in [1.165, 1.54) is 0 Å². The highest BCUT2D eigenvalue weighted by atomic mass is 79.9. The molecule has 1 aliphatic rings. The van der Waals surface area contributed by atoms with Crippen molar-refractivity contribution in [3.63, 3.8) is 0 Å². The first-order valence-corrected chi connectivity index (χ1v) is 5.73. The van der Waals surface area contributed by atoms with Crippen molar-refractivity contribution >= 4 is 27.5 Å². The van der Waals surface area contributed by atoms with Crippen LogP contribution >= 0.6 is 27.5 Å². The number of hydrogen-bond donors (Lipinski definition) is 1. The second-order valence-electron chi connectivity index (χ2n) is 3.45. The van der Waals surface area contributed by atoms with E-state index in [1.807, 2.05) is 0 Å². The summed E-state index contributed by atoms with van der Waals surface area (Å²) in [4.78, 5) is 0. The van der Waals surface area contributed by atoms with Gasteiger partial charge in [0.25, 0.3) is 0 Å². The summed E-state index contributed by atoms with van der Waals surface area (Å²) in [5.74, 6) is -0.381. The Balaban J connectivity index is 2.34. The Labute approximate surface area is 95.8 Å². The molecule has 1 aliphatic heterocycles. The predicted molar refractivity (Wildman–Crippen MR) is 59.1 cm³/mol. The second kappa shape index (κ2) is 4.17. The number of benzene rings is 1. The molecule has 0 bridgehead atoms. The van der Waals surface area contributed by atoms with Crippen LogP contribution in [0.25, 0.3) is 0 Å². The third-order valence-electron chi connectivity index (χ3n) is 2.47. The van der Waals surface area contributed by atoms with Crippen LogP contribution < -0.4 is 5.32 Å². The lowest BCUT2D eigenvalue weighted by molar-refractivity contribution is 0.611. The molecule has 0 aromatic heterocycles. The summed E-state index contributed by atoms with van der Waals surface area (Å²) in [5.41, 5.74) is 1.06. The molecular formula is C10H10BrClFN. The van der Waals surface area contributed by atoms with Crippen LogP contribution in [0, 0.1) is 5.82 Å². The number of hydrogen-bond acceptors (Lipinski definition) is 1. The minimum absolute atomic E-state index is 0.183. The van der Waals surface area contributed by atoms with Crippen LogP contribution in [-0.4, -0.2) is 6.54 Å².